The number of aryl methyl sites for hydroxylation is 2. The van der Waals surface area contributed by atoms with Crippen molar-refractivity contribution in [2.24, 2.45) is 7.05 Å². The molecule has 0 saturated carbocycles. The zero-order valence-corrected chi connectivity index (χ0v) is 11.3. The molecule has 0 unspecified atom stereocenters. The first kappa shape index (κ1) is 13.1. The van der Waals surface area contributed by atoms with E-state index < -0.39 is 0 Å². The fraction of sp³-hybridized carbons (Fsp3) is 0.286. The Morgan fingerprint density at radius 3 is 2.42 bits per heavy atom. The van der Waals surface area contributed by atoms with Gasteiger partial charge in [-0.25, -0.2) is 0 Å². The van der Waals surface area contributed by atoms with Crippen molar-refractivity contribution in [2.45, 2.75) is 6.92 Å². The summed E-state index contributed by atoms with van der Waals surface area (Å²) in [6.45, 7) is 1.74. The van der Waals surface area contributed by atoms with Crippen LogP contribution in [0, 0.1) is 6.92 Å². The van der Waals surface area contributed by atoms with Crippen LogP contribution in [0.15, 0.2) is 16.9 Å². The van der Waals surface area contributed by atoms with Gasteiger partial charge in [0.05, 0.1) is 25.3 Å². The second kappa shape index (κ2) is 4.76. The summed E-state index contributed by atoms with van der Waals surface area (Å²) in [7, 11) is 4.71. The standard InChI is InChI=1S/C14H15NO4/c1-8-10(7-16)14(17)15(2)11-5-9(18-3)6-12(19-4)13(8)11/h5-7H,1-4H3. The lowest BCUT2D eigenvalue weighted by molar-refractivity contribution is 0.112. The monoisotopic (exact) mass is 261 g/mol. The molecule has 0 aliphatic rings. The second-order valence-electron chi connectivity index (χ2n) is 4.24. The molecular formula is C14H15NO4. The normalized spacial score (nSPS) is 10.5. The number of aldehydes is 1. The van der Waals surface area contributed by atoms with Crippen molar-refractivity contribution in [3.8, 4) is 11.5 Å². The van der Waals surface area contributed by atoms with E-state index in [1.807, 2.05) is 0 Å². The van der Waals surface area contributed by atoms with Crippen molar-refractivity contribution < 1.29 is 14.3 Å². The minimum atomic E-state index is -0.324. The topological polar surface area (TPSA) is 57.5 Å². The van der Waals surface area contributed by atoms with Crippen molar-refractivity contribution in [1.29, 1.82) is 0 Å². The Kier molecular flexibility index (Phi) is 3.29. The molecule has 0 N–H and O–H groups in total. The number of ether oxygens (including phenoxy) is 2. The molecule has 0 aliphatic heterocycles. The number of aromatic nitrogens is 1. The van der Waals surface area contributed by atoms with E-state index in [9.17, 15) is 9.59 Å². The van der Waals surface area contributed by atoms with Gasteiger partial charge in [-0.3, -0.25) is 9.59 Å². The van der Waals surface area contributed by atoms with Gasteiger partial charge >= 0.3 is 0 Å². The van der Waals surface area contributed by atoms with Gasteiger partial charge < -0.3 is 14.0 Å². The van der Waals surface area contributed by atoms with Gasteiger partial charge in [0.25, 0.3) is 5.56 Å². The molecule has 0 saturated heterocycles. The number of hydrogen-bond acceptors (Lipinski definition) is 4. The number of carbonyl (C=O) groups excluding carboxylic acids is 1. The van der Waals surface area contributed by atoms with E-state index in [0.717, 1.165) is 5.39 Å². The molecule has 1 aromatic carbocycles. The van der Waals surface area contributed by atoms with Crippen molar-refractivity contribution in [2.75, 3.05) is 14.2 Å². The number of nitrogens with zero attached hydrogens (tertiary/aromatic N) is 1. The highest BCUT2D eigenvalue weighted by Gasteiger charge is 2.16. The molecule has 0 bridgehead atoms. The zero-order chi connectivity index (χ0) is 14.2. The summed E-state index contributed by atoms with van der Waals surface area (Å²) in [4.78, 5) is 23.2. The molecule has 100 valence electrons. The Morgan fingerprint density at radius 2 is 1.89 bits per heavy atom. The molecule has 0 radical (unpaired) electrons. The predicted molar refractivity (Wildman–Crippen MR) is 72.4 cm³/mol. The molecule has 0 amide bonds. The van der Waals surface area contributed by atoms with E-state index in [4.69, 9.17) is 9.47 Å². The van der Waals surface area contributed by atoms with Crippen molar-refractivity contribution in [3.05, 3.63) is 33.6 Å². The summed E-state index contributed by atoms with van der Waals surface area (Å²) in [6, 6.07) is 3.48. The largest absolute Gasteiger partial charge is 0.497 e. The van der Waals surface area contributed by atoms with E-state index in [1.54, 1.807) is 40.3 Å². The molecule has 19 heavy (non-hydrogen) atoms. The average molecular weight is 261 g/mol. The average Bonchev–Trinajstić information content (AvgIpc) is 2.44. The molecular weight excluding hydrogens is 246 g/mol. The van der Waals surface area contributed by atoms with Gasteiger partial charge in [-0.15, -0.1) is 0 Å². The van der Waals surface area contributed by atoms with Crippen LogP contribution in [0.3, 0.4) is 0 Å². The summed E-state index contributed by atoms with van der Waals surface area (Å²) >= 11 is 0. The Balaban J connectivity index is 3.07. The summed E-state index contributed by atoms with van der Waals surface area (Å²) in [5.41, 5.74) is 1.12. The van der Waals surface area contributed by atoms with Gasteiger partial charge in [-0.05, 0) is 12.5 Å². The fourth-order valence-electron chi connectivity index (χ4n) is 2.22. The van der Waals surface area contributed by atoms with Crippen LogP contribution in [-0.2, 0) is 7.05 Å². The van der Waals surface area contributed by atoms with Crippen LogP contribution in [0.5, 0.6) is 11.5 Å². The lowest BCUT2D eigenvalue weighted by Gasteiger charge is -2.14. The first-order chi connectivity index (χ1) is 9.04. The van der Waals surface area contributed by atoms with E-state index >= 15 is 0 Å². The van der Waals surface area contributed by atoms with Crippen LogP contribution in [-0.4, -0.2) is 25.1 Å². The molecule has 2 rings (SSSR count). The molecule has 0 fully saturated rings. The van der Waals surface area contributed by atoms with Crippen LogP contribution >= 0.6 is 0 Å². The first-order valence-electron chi connectivity index (χ1n) is 5.75. The third-order valence-electron chi connectivity index (χ3n) is 3.30. The highest BCUT2D eigenvalue weighted by molar-refractivity contribution is 5.95. The van der Waals surface area contributed by atoms with Gasteiger partial charge in [0.2, 0.25) is 0 Å². The van der Waals surface area contributed by atoms with Crippen LogP contribution in [0.2, 0.25) is 0 Å². The molecule has 0 atom stereocenters. The highest BCUT2D eigenvalue weighted by Crippen LogP contribution is 2.33. The zero-order valence-electron chi connectivity index (χ0n) is 11.3. The van der Waals surface area contributed by atoms with E-state index in [0.29, 0.717) is 28.9 Å². The number of fused-ring (bicyclic) bond motifs is 1. The van der Waals surface area contributed by atoms with Gasteiger partial charge in [-0.2, -0.15) is 0 Å². The predicted octanol–water partition coefficient (Wildman–Crippen LogP) is 1.68. The van der Waals surface area contributed by atoms with Crippen molar-refractivity contribution in [3.63, 3.8) is 0 Å². The number of pyridine rings is 1. The lowest BCUT2D eigenvalue weighted by atomic mass is 10.0. The maximum absolute atomic E-state index is 12.1. The van der Waals surface area contributed by atoms with Crippen LogP contribution in [0.4, 0.5) is 0 Å². The minimum Gasteiger partial charge on any atom is -0.497 e. The summed E-state index contributed by atoms with van der Waals surface area (Å²) in [5.74, 6) is 1.17. The van der Waals surface area contributed by atoms with Gasteiger partial charge in [-0.1, -0.05) is 0 Å². The van der Waals surface area contributed by atoms with Gasteiger partial charge in [0, 0.05) is 24.6 Å². The van der Waals surface area contributed by atoms with Gasteiger partial charge in [0.15, 0.2) is 6.29 Å². The van der Waals surface area contributed by atoms with E-state index in [2.05, 4.69) is 0 Å². The molecule has 5 heteroatoms. The third-order valence-corrected chi connectivity index (χ3v) is 3.30. The third kappa shape index (κ3) is 1.87. The SMILES string of the molecule is COc1cc(OC)c2c(C)c(C=O)c(=O)n(C)c2c1. The Hall–Kier alpha value is -2.30. The smallest absolute Gasteiger partial charge is 0.261 e. The van der Waals surface area contributed by atoms with Gasteiger partial charge in [0.1, 0.15) is 11.5 Å². The van der Waals surface area contributed by atoms with Crippen LogP contribution in [0.1, 0.15) is 15.9 Å². The number of hydrogen-bond donors (Lipinski definition) is 0. The second-order valence-corrected chi connectivity index (χ2v) is 4.24. The Bertz CT molecular complexity index is 716. The molecule has 0 spiro atoms. The molecule has 2 aromatic rings. The molecule has 5 nitrogen and oxygen atoms in total. The summed E-state index contributed by atoms with van der Waals surface area (Å²) in [6.07, 6.45) is 0.584. The van der Waals surface area contributed by atoms with Crippen LogP contribution < -0.4 is 15.0 Å². The van der Waals surface area contributed by atoms with Crippen molar-refractivity contribution in [1.82, 2.24) is 4.57 Å². The minimum absolute atomic E-state index is 0.151. The number of carbonyl (C=O) groups is 1. The fourth-order valence-corrected chi connectivity index (χ4v) is 2.22. The quantitative estimate of drug-likeness (QED) is 0.789. The maximum atomic E-state index is 12.1. The molecule has 0 aliphatic carbocycles. The van der Waals surface area contributed by atoms with Crippen molar-refractivity contribution >= 4 is 17.2 Å². The summed E-state index contributed by atoms with van der Waals surface area (Å²) in [5, 5.41) is 0.743. The van der Waals surface area contributed by atoms with E-state index in [-0.39, 0.29) is 11.1 Å². The Morgan fingerprint density at radius 1 is 1.21 bits per heavy atom. The maximum Gasteiger partial charge on any atom is 0.261 e. The molecule has 1 aromatic heterocycles. The van der Waals surface area contributed by atoms with E-state index in [1.165, 1.54) is 4.57 Å². The Labute approximate surface area is 110 Å². The van der Waals surface area contributed by atoms with Crippen LogP contribution in [0.25, 0.3) is 10.9 Å². The highest BCUT2D eigenvalue weighted by atomic mass is 16.5. The number of benzene rings is 1. The number of methoxy groups -OCH3 is 2. The summed E-state index contributed by atoms with van der Waals surface area (Å²) < 4.78 is 12.0. The lowest BCUT2D eigenvalue weighted by Crippen LogP contribution is -2.23. The first-order valence-corrected chi connectivity index (χ1v) is 5.75. The molecule has 1 heterocycles. The number of rotatable bonds is 3.